The number of piperidine rings is 1. The van der Waals surface area contributed by atoms with Crippen molar-refractivity contribution in [2.75, 3.05) is 13.1 Å². The van der Waals surface area contributed by atoms with Crippen molar-refractivity contribution in [1.29, 1.82) is 0 Å². The molecule has 2 aromatic carbocycles. The van der Waals surface area contributed by atoms with E-state index in [1.54, 1.807) is 6.07 Å². The monoisotopic (exact) mass is 363 g/mol. The molecule has 1 aliphatic rings. The van der Waals surface area contributed by atoms with Crippen LogP contribution in [0.25, 0.3) is 22.1 Å². The summed E-state index contributed by atoms with van der Waals surface area (Å²) in [5.74, 6) is 0.268. The van der Waals surface area contributed by atoms with Crippen molar-refractivity contribution in [1.82, 2.24) is 4.90 Å². The predicted molar refractivity (Wildman–Crippen MR) is 108 cm³/mol. The van der Waals surface area contributed by atoms with Gasteiger partial charge in [0, 0.05) is 18.0 Å². The molecule has 3 aromatic rings. The first-order chi connectivity index (χ1) is 13.2. The predicted octanol–water partition coefficient (Wildman–Crippen LogP) is 4.71. The molecule has 0 radical (unpaired) electrons. The minimum Gasteiger partial charge on any atom is -0.507 e. The number of phenolic OH excluding ortho intramolecular Hbond substituents is 1. The van der Waals surface area contributed by atoms with Crippen LogP contribution < -0.4 is 5.63 Å². The maximum Gasteiger partial charge on any atom is 0.336 e. The van der Waals surface area contributed by atoms with Gasteiger partial charge in [-0.1, -0.05) is 43.7 Å². The Kier molecular flexibility index (Phi) is 4.99. The van der Waals surface area contributed by atoms with Gasteiger partial charge in [-0.15, -0.1) is 0 Å². The van der Waals surface area contributed by atoms with Gasteiger partial charge in [0.05, 0.1) is 5.56 Å². The zero-order chi connectivity index (χ0) is 18.8. The second-order valence-corrected chi connectivity index (χ2v) is 7.28. The summed E-state index contributed by atoms with van der Waals surface area (Å²) in [6, 6.07) is 13.4. The van der Waals surface area contributed by atoms with Gasteiger partial charge in [0.15, 0.2) is 0 Å². The van der Waals surface area contributed by atoms with E-state index in [-0.39, 0.29) is 11.4 Å². The fourth-order valence-electron chi connectivity index (χ4n) is 4.03. The lowest BCUT2D eigenvalue weighted by molar-refractivity contribution is 0.218. The zero-order valence-corrected chi connectivity index (χ0v) is 15.7. The first-order valence-corrected chi connectivity index (χ1v) is 9.76. The Balaban J connectivity index is 1.94. The van der Waals surface area contributed by atoms with E-state index in [2.05, 4.69) is 4.90 Å². The van der Waals surface area contributed by atoms with Crippen LogP contribution in [0.5, 0.6) is 5.75 Å². The third-order valence-corrected chi connectivity index (χ3v) is 5.48. The Hall–Kier alpha value is -2.59. The van der Waals surface area contributed by atoms with Crippen LogP contribution in [0, 0.1) is 0 Å². The van der Waals surface area contributed by atoms with Crippen LogP contribution in [0.3, 0.4) is 0 Å². The van der Waals surface area contributed by atoms with E-state index < -0.39 is 0 Å². The number of rotatable bonds is 4. The quantitative estimate of drug-likeness (QED) is 0.682. The van der Waals surface area contributed by atoms with Gasteiger partial charge in [-0.25, -0.2) is 4.79 Å². The minimum absolute atomic E-state index is 0.268. The van der Waals surface area contributed by atoms with E-state index in [0.29, 0.717) is 12.1 Å². The first-order valence-electron chi connectivity index (χ1n) is 9.76. The topological polar surface area (TPSA) is 53.7 Å². The maximum atomic E-state index is 12.3. The van der Waals surface area contributed by atoms with Crippen molar-refractivity contribution in [2.24, 2.45) is 0 Å². The second kappa shape index (κ2) is 7.57. The third kappa shape index (κ3) is 3.50. The molecular formula is C23H25NO3. The molecule has 140 valence electrons. The number of benzene rings is 2. The minimum atomic E-state index is -0.384. The molecule has 0 atom stereocenters. The fraction of sp³-hybridized carbons (Fsp3) is 0.348. The lowest BCUT2D eigenvalue weighted by Gasteiger charge is -2.27. The Bertz CT molecular complexity index is 1000. The molecule has 4 nitrogen and oxygen atoms in total. The number of fused-ring (bicyclic) bond motifs is 1. The van der Waals surface area contributed by atoms with E-state index in [9.17, 15) is 9.90 Å². The smallest absolute Gasteiger partial charge is 0.336 e. The number of aryl methyl sites for hydroxylation is 1. The molecule has 0 aliphatic carbocycles. The van der Waals surface area contributed by atoms with Crippen LogP contribution in [0.4, 0.5) is 0 Å². The van der Waals surface area contributed by atoms with Gasteiger partial charge in [-0.2, -0.15) is 0 Å². The molecule has 1 aliphatic heterocycles. The van der Waals surface area contributed by atoms with Gasteiger partial charge < -0.3 is 9.52 Å². The van der Waals surface area contributed by atoms with Gasteiger partial charge in [0.1, 0.15) is 11.3 Å². The molecule has 0 unspecified atom stereocenters. The Labute approximate surface area is 159 Å². The van der Waals surface area contributed by atoms with Crippen LogP contribution in [0.1, 0.15) is 37.3 Å². The molecule has 2 heterocycles. The van der Waals surface area contributed by atoms with E-state index in [0.717, 1.165) is 47.2 Å². The van der Waals surface area contributed by atoms with Crippen molar-refractivity contribution in [3.63, 3.8) is 0 Å². The second-order valence-electron chi connectivity index (χ2n) is 7.28. The average Bonchev–Trinajstić information content (AvgIpc) is 2.71. The van der Waals surface area contributed by atoms with Crippen LogP contribution in [0.15, 0.2) is 51.7 Å². The van der Waals surface area contributed by atoms with Crippen molar-refractivity contribution >= 4 is 11.0 Å². The summed E-state index contributed by atoms with van der Waals surface area (Å²) in [5.41, 5.74) is 3.59. The number of hydrogen-bond acceptors (Lipinski definition) is 4. The first kappa shape index (κ1) is 17.8. The molecule has 1 aromatic heterocycles. The van der Waals surface area contributed by atoms with E-state index in [4.69, 9.17) is 4.42 Å². The number of likely N-dealkylation sites (tertiary alicyclic amines) is 1. The Morgan fingerprint density at radius 2 is 1.81 bits per heavy atom. The number of hydrogen-bond donors (Lipinski definition) is 1. The van der Waals surface area contributed by atoms with E-state index in [1.165, 1.54) is 19.3 Å². The van der Waals surface area contributed by atoms with Crippen molar-refractivity contribution in [2.45, 2.75) is 39.2 Å². The van der Waals surface area contributed by atoms with Crippen LogP contribution in [-0.2, 0) is 13.0 Å². The van der Waals surface area contributed by atoms with Crippen molar-refractivity contribution in [3.05, 3.63) is 64.0 Å². The van der Waals surface area contributed by atoms with Crippen LogP contribution >= 0.6 is 0 Å². The fourth-order valence-corrected chi connectivity index (χ4v) is 4.03. The normalized spacial score (nSPS) is 15.3. The van der Waals surface area contributed by atoms with Crippen molar-refractivity contribution in [3.8, 4) is 16.9 Å². The Morgan fingerprint density at radius 1 is 1.07 bits per heavy atom. The molecule has 1 N–H and O–H groups in total. The highest BCUT2D eigenvalue weighted by Gasteiger charge is 2.21. The summed E-state index contributed by atoms with van der Waals surface area (Å²) >= 11 is 0. The summed E-state index contributed by atoms with van der Waals surface area (Å²) in [4.78, 5) is 14.7. The molecule has 4 heteroatoms. The molecule has 1 fully saturated rings. The third-order valence-electron chi connectivity index (χ3n) is 5.48. The molecule has 0 bridgehead atoms. The summed E-state index contributed by atoms with van der Waals surface area (Å²) < 4.78 is 5.63. The lowest BCUT2D eigenvalue weighted by Crippen LogP contribution is -2.29. The largest absolute Gasteiger partial charge is 0.507 e. The molecule has 27 heavy (non-hydrogen) atoms. The van der Waals surface area contributed by atoms with E-state index >= 15 is 0 Å². The number of aromatic hydroxyl groups is 1. The SMILES string of the molecule is CCc1cc2c(-c3ccccc3)cc(=O)oc2c(CN2CCCCC2)c1O. The highest BCUT2D eigenvalue weighted by molar-refractivity contribution is 5.96. The highest BCUT2D eigenvalue weighted by atomic mass is 16.4. The molecule has 0 spiro atoms. The lowest BCUT2D eigenvalue weighted by atomic mass is 9.95. The van der Waals surface area contributed by atoms with Crippen molar-refractivity contribution < 1.29 is 9.52 Å². The van der Waals surface area contributed by atoms with E-state index in [1.807, 2.05) is 43.3 Å². The molecule has 0 saturated carbocycles. The van der Waals surface area contributed by atoms with Gasteiger partial charge in [-0.05, 0) is 55.1 Å². The summed E-state index contributed by atoms with van der Waals surface area (Å²) in [6.45, 7) is 4.67. The maximum absolute atomic E-state index is 12.3. The van der Waals surface area contributed by atoms with Crippen LogP contribution in [0.2, 0.25) is 0 Å². The highest BCUT2D eigenvalue weighted by Crippen LogP contribution is 2.37. The zero-order valence-electron chi connectivity index (χ0n) is 15.7. The van der Waals surface area contributed by atoms with Crippen LogP contribution in [-0.4, -0.2) is 23.1 Å². The van der Waals surface area contributed by atoms with Gasteiger partial charge in [-0.3, -0.25) is 4.90 Å². The number of nitrogens with zero attached hydrogens (tertiary/aromatic N) is 1. The average molecular weight is 363 g/mol. The summed E-state index contributed by atoms with van der Waals surface area (Å²) in [5, 5.41) is 11.8. The Morgan fingerprint density at radius 3 is 2.52 bits per heavy atom. The summed E-state index contributed by atoms with van der Waals surface area (Å²) in [6.07, 6.45) is 4.32. The molecule has 4 rings (SSSR count). The summed E-state index contributed by atoms with van der Waals surface area (Å²) in [7, 11) is 0. The molecular weight excluding hydrogens is 338 g/mol. The molecule has 0 amide bonds. The van der Waals surface area contributed by atoms with Gasteiger partial charge in [0.2, 0.25) is 0 Å². The standard InChI is InChI=1S/C23H25NO3/c1-2-16-13-19-18(17-9-5-3-6-10-17)14-21(25)27-23(19)20(22(16)26)15-24-11-7-4-8-12-24/h3,5-6,9-10,13-14,26H,2,4,7-8,11-12,15H2,1H3. The number of phenols is 1. The molecule has 1 saturated heterocycles. The van der Waals surface area contributed by atoms with Gasteiger partial charge in [0.25, 0.3) is 0 Å². The van der Waals surface area contributed by atoms with Gasteiger partial charge >= 0.3 is 5.63 Å².